The molecular weight excluding hydrogens is 300 g/mol. The van der Waals surface area contributed by atoms with E-state index in [0.717, 1.165) is 32.2 Å². The van der Waals surface area contributed by atoms with Gasteiger partial charge >= 0.3 is 0 Å². The summed E-state index contributed by atoms with van der Waals surface area (Å²) in [5.41, 5.74) is 6.55. The Balaban J connectivity index is 1.80. The van der Waals surface area contributed by atoms with E-state index in [4.69, 9.17) is 22.1 Å². The van der Waals surface area contributed by atoms with Gasteiger partial charge in [0.1, 0.15) is 5.75 Å². The lowest BCUT2D eigenvalue weighted by atomic mass is 10.0. The Morgan fingerprint density at radius 3 is 2.73 bits per heavy atom. The number of likely N-dealkylation sites (tertiary alicyclic amines) is 1. The number of hydrogen-bond donors (Lipinski definition) is 1. The summed E-state index contributed by atoms with van der Waals surface area (Å²) in [6.07, 6.45) is 6.66. The van der Waals surface area contributed by atoms with Crippen LogP contribution in [0.1, 0.15) is 48.9 Å². The first kappa shape index (κ1) is 15.6. The molecule has 0 radical (unpaired) electrons. The first-order valence-electron chi connectivity index (χ1n) is 8.14. The topological polar surface area (TPSA) is 55.6 Å². The molecule has 1 aromatic rings. The lowest BCUT2D eigenvalue weighted by Crippen LogP contribution is -2.45. The van der Waals surface area contributed by atoms with Crippen molar-refractivity contribution in [2.75, 3.05) is 13.1 Å². The number of halogens is 1. The molecule has 0 bridgehead atoms. The molecule has 1 aliphatic carbocycles. The van der Waals surface area contributed by atoms with Crippen LogP contribution in [0, 0.1) is 0 Å². The second-order valence-corrected chi connectivity index (χ2v) is 6.75. The van der Waals surface area contributed by atoms with E-state index in [9.17, 15) is 4.79 Å². The highest BCUT2D eigenvalue weighted by Gasteiger charge is 2.26. The summed E-state index contributed by atoms with van der Waals surface area (Å²) in [7, 11) is 0. The van der Waals surface area contributed by atoms with Gasteiger partial charge in [0.05, 0.1) is 11.7 Å². The molecule has 120 valence electrons. The molecule has 1 aromatic carbocycles. The molecule has 4 nitrogen and oxygen atoms in total. The van der Waals surface area contributed by atoms with Crippen LogP contribution in [0.3, 0.4) is 0 Å². The molecule has 0 spiro atoms. The predicted molar refractivity (Wildman–Crippen MR) is 87.4 cm³/mol. The van der Waals surface area contributed by atoms with Gasteiger partial charge in [-0.1, -0.05) is 11.6 Å². The lowest BCUT2D eigenvalue weighted by molar-refractivity contribution is 0.0701. The number of nitrogens with two attached hydrogens (primary N) is 1. The highest BCUT2D eigenvalue weighted by molar-refractivity contribution is 6.31. The zero-order chi connectivity index (χ0) is 15.5. The average Bonchev–Trinajstić information content (AvgIpc) is 3.01. The summed E-state index contributed by atoms with van der Waals surface area (Å²) in [6, 6.07) is 5.38. The Hall–Kier alpha value is -1.26. The van der Waals surface area contributed by atoms with Gasteiger partial charge in [0, 0.05) is 24.2 Å². The minimum absolute atomic E-state index is 0.0225. The van der Waals surface area contributed by atoms with Crippen LogP contribution in [0.25, 0.3) is 0 Å². The summed E-state index contributed by atoms with van der Waals surface area (Å²) >= 11 is 6.09. The fourth-order valence-corrected chi connectivity index (χ4v) is 3.49. The Kier molecular flexibility index (Phi) is 4.89. The molecule has 1 unspecified atom stereocenters. The van der Waals surface area contributed by atoms with Crippen molar-refractivity contribution >= 4 is 17.5 Å². The number of nitrogens with zero attached hydrogens (tertiary/aromatic N) is 1. The van der Waals surface area contributed by atoms with Gasteiger partial charge in [-0.3, -0.25) is 4.79 Å². The third-order valence-electron chi connectivity index (χ3n) is 4.51. The van der Waals surface area contributed by atoms with Crippen molar-refractivity contribution in [1.29, 1.82) is 0 Å². The van der Waals surface area contributed by atoms with Crippen molar-refractivity contribution in [3.63, 3.8) is 0 Å². The van der Waals surface area contributed by atoms with Gasteiger partial charge in [0.2, 0.25) is 0 Å². The monoisotopic (exact) mass is 322 g/mol. The highest BCUT2D eigenvalue weighted by atomic mass is 35.5. The number of benzene rings is 1. The molecular formula is C17H23ClN2O2. The van der Waals surface area contributed by atoms with Crippen LogP contribution in [-0.4, -0.2) is 36.0 Å². The molecule has 1 aliphatic heterocycles. The van der Waals surface area contributed by atoms with E-state index in [1.807, 2.05) is 11.0 Å². The fraction of sp³-hybridized carbons (Fsp3) is 0.588. The molecule has 3 rings (SSSR count). The molecule has 5 heteroatoms. The van der Waals surface area contributed by atoms with E-state index in [0.29, 0.717) is 22.9 Å². The molecule has 1 saturated carbocycles. The summed E-state index contributed by atoms with van der Waals surface area (Å²) < 4.78 is 6.06. The Labute approximate surface area is 136 Å². The van der Waals surface area contributed by atoms with E-state index < -0.39 is 0 Å². The molecule has 2 fully saturated rings. The van der Waals surface area contributed by atoms with Crippen LogP contribution in [0.15, 0.2) is 18.2 Å². The van der Waals surface area contributed by atoms with Crippen LogP contribution < -0.4 is 10.5 Å². The Bertz CT molecular complexity index is 543. The van der Waals surface area contributed by atoms with Crippen LogP contribution >= 0.6 is 11.6 Å². The number of carbonyl (C=O) groups is 1. The summed E-state index contributed by atoms with van der Waals surface area (Å²) in [5, 5.41) is 0.559. The fourth-order valence-electron chi connectivity index (χ4n) is 3.32. The summed E-state index contributed by atoms with van der Waals surface area (Å²) in [4.78, 5) is 14.6. The lowest BCUT2D eigenvalue weighted by Gasteiger charge is -2.31. The maximum Gasteiger partial charge on any atom is 0.257 e. The van der Waals surface area contributed by atoms with Gasteiger partial charge in [-0.25, -0.2) is 0 Å². The maximum atomic E-state index is 12.8. The quantitative estimate of drug-likeness (QED) is 0.929. The first-order chi connectivity index (χ1) is 10.6. The van der Waals surface area contributed by atoms with Crippen LogP contribution in [0.2, 0.25) is 5.02 Å². The molecule has 1 heterocycles. The Morgan fingerprint density at radius 1 is 1.23 bits per heavy atom. The molecule has 22 heavy (non-hydrogen) atoms. The summed E-state index contributed by atoms with van der Waals surface area (Å²) in [5.74, 6) is 0.631. The van der Waals surface area contributed by atoms with E-state index in [1.54, 1.807) is 12.1 Å². The van der Waals surface area contributed by atoms with Crippen molar-refractivity contribution in [3.8, 4) is 5.75 Å². The van der Waals surface area contributed by atoms with Crippen LogP contribution in [0.4, 0.5) is 0 Å². The van der Waals surface area contributed by atoms with Crippen molar-refractivity contribution < 1.29 is 9.53 Å². The Morgan fingerprint density at radius 2 is 2.00 bits per heavy atom. The minimum atomic E-state index is -0.0225. The van der Waals surface area contributed by atoms with Gasteiger partial charge in [-0.15, -0.1) is 0 Å². The molecule has 0 aromatic heterocycles. The second kappa shape index (κ2) is 6.88. The second-order valence-electron chi connectivity index (χ2n) is 6.32. The molecule has 2 N–H and O–H groups in total. The minimum Gasteiger partial charge on any atom is -0.490 e. The van der Waals surface area contributed by atoms with Gasteiger partial charge in [-0.2, -0.15) is 0 Å². The van der Waals surface area contributed by atoms with E-state index in [-0.39, 0.29) is 18.1 Å². The zero-order valence-corrected chi connectivity index (χ0v) is 13.5. The molecule has 1 saturated heterocycles. The largest absolute Gasteiger partial charge is 0.490 e. The third kappa shape index (κ3) is 3.55. The van der Waals surface area contributed by atoms with Crippen LogP contribution in [-0.2, 0) is 0 Å². The van der Waals surface area contributed by atoms with Crippen molar-refractivity contribution in [3.05, 3.63) is 28.8 Å². The third-order valence-corrected chi connectivity index (χ3v) is 4.75. The van der Waals surface area contributed by atoms with Gasteiger partial charge < -0.3 is 15.4 Å². The normalized spacial score (nSPS) is 22.8. The van der Waals surface area contributed by atoms with Gasteiger partial charge in [0.15, 0.2) is 0 Å². The maximum absolute atomic E-state index is 12.8. The SMILES string of the molecule is NC1CCCN(C(=O)c2cc(Cl)ccc2OC2CCCC2)C1. The van der Waals surface area contributed by atoms with E-state index in [1.165, 1.54) is 12.8 Å². The van der Waals surface area contributed by atoms with Crippen molar-refractivity contribution in [2.45, 2.75) is 50.7 Å². The smallest absolute Gasteiger partial charge is 0.257 e. The number of rotatable bonds is 3. The molecule has 1 amide bonds. The molecule has 1 atom stereocenters. The van der Waals surface area contributed by atoms with Gasteiger partial charge in [-0.05, 0) is 56.7 Å². The average molecular weight is 323 g/mol. The van der Waals surface area contributed by atoms with E-state index in [2.05, 4.69) is 0 Å². The highest BCUT2D eigenvalue weighted by Crippen LogP contribution is 2.30. The van der Waals surface area contributed by atoms with Crippen molar-refractivity contribution in [2.24, 2.45) is 5.73 Å². The predicted octanol–water partition coefficient (Wildman–Crippen LogP) is 3.22. The first-order valence-corrected chi connectivity index (χ1v) is 8.52. The molecule has 2 aliphatic rings. The summed E-state index contributed by atoms with van der Waals surface area (Å²) in [6.45, 7) is 1.36. The number of ether oxygens (including phenoxy) is 1. The van der Waals surface area contributed by atoms with Crippen LogP contribution in [0.5, 0.6) is 5.75 Å². The standard InChI is InChI=1S/C17H23ClN2O2/c18-12-7-8-16(22-14-5-1-2-6-14)15(10-12)17(21)20-9-3-4-13(19)11-20/h7-8,10,13-14H,1-6,9,11,19H2. The van der Waals surface area contributed by atoms with Gasteiger partial charge in [0.25, 0.3) is 5.91 Å². The number of hydrogen-bond acceptors (Lipinski definition) is 3. The van der Waals surface area contributed by atoms with Crippen molar-refractivity contribution in [1.82, 2.24) is 4.90 Å². The number of amides is 1. The number of piperidine rings is 1. The zero-order valence-electron chi connectivity index (χ0n) is 12.8. The van der Waals surface area contributed by atoms with E-state index >= 15 is 0 Å². The number of carbonyl (C=O) groups excluding carboxylic acids is 1.